The summed E-state index contributed by atoms with van der Waals surface area (Å²) in [5, 5.41) is 10.9. The van der Waals surface area contributed by atoms with Crippen molar-refractivity contribution < 1.29 is 22.6 Å². The fourth-order valence-corrected chi connectivity index (χ4v) is 2.78. The van der Waals surface area contributed by atoms with Crippen molar-refractivity contribution in [3.63, 3.8) is 0 Å². The van der Waals surface area contributed by atoms with Crippen LogP contribution in [0.5, 0.6) is 5.75 Å². The van der Waals surface area contributed by atoms with E-state index in [4.69, 9.17) is 9.29 Å². The van der Waals surface area contributed by atoms with Gasteiger partial charge in [-0.25, -0.2) is 0 Å². The molecule has 2 N–H and O–H groups in total. The Bertz CT molecular complexity index is 640. The van der Waals surface area contributed by atoms with Gasteiger partial charge in [0.05, 0.1) is 17.1 Å². The summed E-state index contributed by atoms with van der Waals surface area (Å²) in [4.78, 5) is 10.3. The van der Waals surface area contributed by atoms with Crippen LogP contribution in [0.1, 0.15) is 37.7 Å². The molecule has 0 atom stereocenters. The monoisotopic (exact) mass is 330 g/mol. The Kier molecular flexibility index (Phi) is 5.33. The van der Waals surface area contributed by atoms with Crippen molar-refractivity contribution in [1.29, 1.82) is 0 Å². The van der Waals surface area contributed by atoms with Crippen LogP contribution in [-0.2, 0) is 16.8 Å². The lowest BCUT2D eigenvalue weighted by molar-refractivity contribution is -0.385. The predicted octanol–water partition coefficient (Wildman–Crippen LogP) is 2.20. The SMILES string of the molecule is O=[N+]([O-])c1ccc(CNS(=O)(=O)O)c(OC2CCCCC2)c1. The van der Waals surface area contributed by atoms with E-state index in [1.165, 1.54) is 18.2 Å². The van der Waals surface area contributed by atoms with E-state index in [9.17, 15) is 18.5 Å². The first-order valence-electron chi connectivity index (χ1n) is 7.01. The van der Waals surface area contributed by atoms with E-state index >= 15 is 0 Å². The van der Waals surface area contributed by atoms with Crippen molar-refractivity contribution in [3.05, 3.63) is 33.9 Å². The highest BCUT2D eigenvalue weighted by Crippen LogP contribution is 2.29. The third-order valence-corrected chi connectivity index (χ3v) is 4.06. The molecule has 8 nitrogen and oxygen atoms in total. The summed E-state index contributed by atoms with van der Waals surface area (Å²) in [7, 11) is -4.34. The Hall–Kier alpha value is -1.71. The van der Waals surface area contributed by atoms with Gasteiger partial charge in [0.25, 0.3) is 5.69 Å². The van der Waals surface area contributed by atoms with Crippen molar-refractivity contribution in [2.75, 3.05) is 0 Å². The van der Waals surface area contributed by atoms with E-state index in [1.807, 2.05) is 4.72 Å². The molecule has 0 spiro atoms. The minimum Gasteiger partial charge on any atom is -0.490 e. The van der Waals surface area contributed by atoms with E-state index in [-0.39, 0.29) is 24.1 Å². The minimum atomic E-state index is -4.34. The largest absolute Gasteiger partial charge is 0.490 e. The van der Waals surface area contributed by atoms with Gasteiger partial charge in [-0.15, -0.1) is 0 Å². The number of ether oxygens (including phenoxy) is 1. The normalized spacial score (nSPS) is 16.4. The van der Waals surface area contributed by atoms with Gasteiger partial charge in [0.2, 0.25) is 0 Å². The molecule has 0 radical (unpaired) electrons. The quantitative estimate of drug-likeness (QED) is 0.469. The number of nitrogens with zero attached hydrogens (tertiary/aromatic N) is 1. The zero-order chi connectivity index (χ0) is 16.2. The zero-order valence-electron chi connectivity index (χ0n) is 11.9. The number of nitro groups is 1. The van der Waals surface area contributed by atoms with Gasteiger partial charge in [-0.1, -0.05) is 6.42 Å². The second-order valence-electron chi connectivity index (χ2n) is 5.22. The summed E-state index contributed by atoms with van der Waals surface area (Å²) in [6.07, 6.45) is 4.93. The van der Waals surface area contributed by atoms with Crippen molar-refractivity contribution in [1.82, 2.24) is 4.72 Å². The van der Waals surface area contributed by atoms with Gasteiger partial charge >= 0.3 is 10.3 Å². The molecule has 122 valence electrons. The van der Waals surface area contributed by atoms with Gasteiger partial charge in [-0.2, -0.15) is 13.1 Å². The van der Waals surface area contributed by atoms with Crippen LogP contribution >= 0.6 is 0 Å². The summed E-state index contributed by atoms with van der Waals surface area (Å²) in [6.45, 7) is -0.196. The molecule has 0 aromatic heterocycles. The molecule has 0 bridgehead atoms. The van der Waals surface area contributed by atoms with Crippen molar-refractivity contribution in [2.45, 2.75) is 44.8 Å². The van der Waals surface area contributed by atoms with Gasteiger partial charge in [0, 0.05) is 18.2 Å². The standard InChI is InChI=1S/C13H18N2O6S/c16-15(17)11-7-6-10(9-14-22(18,19)20)13(8-11)21-12-4-2-1-3-5-12/h6-8,12,14H,1-5,9H2,(H,18,19,20). The van der Waals surface area contributed by atoms with Crippen LogP contribution < -0.4 is 9.46 Å². The van der Waals surface area contributed by atoms with Gasteiger partial charge in [-0.3, -0.25) is 14.7 Å². The number of rotatable bonds is 6. The van der Waals surface area contributed by atoms with E-state index in [1.54, 1.807) is 0 Å². The van der Waals surface area contributed by atoms with Crippen LogP contribution in [0.15, 0.2) is 18.2 Å². The molecule has 0 aliphatic heterocycles. The van der Waals surface area contributed by atoms with Crippen LogP contribution in [0.3, 0.4) is 0 Å². The second-order valence-corrected chi connectivity index (χ2v) is 6.46. The van der Waals surface area contributed by atoms with Gasteiger partial charge in [0.15, 0.2) is 0 Å². The average Bonchev–Trinajstić information content (AvgIpc) is 2.46. The molecule has 1 aliphatic carbocycles. The summed E-state index contributed by atoms with van der Waals surface area (Å²) in [5.74, 6) is 0.275. The first-order chi connectivity index (χ1) is 10.3. The molecule has 2 rings (SSSR count). The number of nitrogens with one attached hydrogen (secondary N) is 1. The maximum atomic E-state index is 10.9. The predicted molar refractivity (Wildman–Crippen MR) is 79.0 cm³/mol. The van der Waals surface area contributed by atoms with Crippen LogP contribution in [-0.4, -0.2) is 24.0 Å². The molecule has 0 amide bonds. The van der Waals surface area contributed by atoms with Crippen LogP contribution in [0, 0.1) is 10.1 Å². The Balaban J connectivity index is 2.20. The molecule has 0 unspecified atom stereocenters. The van der Waals surface area contributed by atoms with E-state index in [2.05, 4.69) is 0 Å². The number of hydrogen-bond donors (Lipinski definition) is 2. The minimum absolute atomic E-state index is 0.0276. The van der Waals surface area contributed by atoms with E-state index < -0.39 is 15.2 Å². The number of non-ortho nitro benzene ring substituents is 1. The maximum absolute atomic E-state index is 10.9. The van der Waals surface area contributed by atoms with Crippen LogP contribution in [0.4, 0.5) is 5.69 Å². The topological polar surface area (TPSA) is 119 Å². The summed E-state index contributed by atoms with van der Waals surface area (Å²) in [5.41, 5.74) is 0.315. The molecule has 0 heterocycles. The third kappa shape index (κ3) is 4.93. The highest BCUT2D eigenvalue weighted by atomic mass is 32.2. The summed E-state index contributed by atoms with van der Waals surface area (Å²) < 4.78 is 38.1. The average molecular weight is 330 g/mol. The smallest absolute Gasteiger partial charge is 0.333 e. The Labute approximate surface area is 128 Å². The lowest BCUT2D eigenvalue weighted by atomic mass is 9.97. The molecule has 1 saturated carbocycles. The fraction of sp³-hybridized carbons (Fsp3) is 0.538. The summed E-state index contributed by atoms with van der Waals surface area (Å²) >= 11 is 0. The zero-order valence-corrected chi connectivity index (χ0v) is 12.7. The van der Waals surface area contributed by atoms with Gasteiger partial charge in [0.1, 0.15) is 5.75 Å². The van der Waals surface area contributed by atoms with Gasteiger partial charge < -0.3 is 4.74 Å². The first kappa shape index (κ1) is 16.7. The highest BCUT2D eigenvalue weighted by molar-refractivity contribution is 7.83. The Morgan fingerprint density at radius 2 is 2.00 bits per heavy atom. The molecular weight excluding hydrogens is 312 g/mol. The lowest BCUT2D eigenvalue weighted by Gasteiger charge is -2.24. The third-order valence-electron chi connectivity index (χ3n) is 3.55. The Morgan fingerprint density at radius 3 is 2.59 bits per heavy atom. The van der Waals surface area contributed by atoms with Crippen LogP contribution in [0.25, 0.3) is 0 Å². The molecule has 1 aliphatic rings. The van der Waals surface area contributed by atoms with Crippen molar-refractivity contribution >= 4 is 16.0 Å². The molecule has 9 heteroatoms. The van der Waals surface area contributed by atoms with Crippen molar-refractivity contribution in [2.24, 2.45) is 0 Å². The number of benzene rings is 1. The van der Waals surface area contributed by atoms with Gasteiger partial charge in [-0.05, 0) is 31.7 Å². The molecular formula is C13H18N2O6S. The lowest BCUT2D eigenvalue weighted by Crippen LogP contribution is -2.24. The van der Waals surface area contributed by atoms with Crippen LogP contribution in [0.2, 0.25) is 0 Å². The number of hydrogen-bond acceptors (Lipinski definition) is 5. The fourth-order valence-electron chi connectivity index (χ4n) is 2.44. The van der Waals surface area contributed by atoms with Crippen molar-refractivity contribution in [3.8, 4) is 5.75 Å². The highest BCUT2D eigenvalue weighted by Gasteiger charge is 2.19. The van der Waals surface area contributed by atoms with E-state index in [0.29, 0.717) is 5.56 Å². The van der Waals surface area contributed by atoms with E-state index in [0.717, 1.165) is 32.1 Å². The Morgan fingerprint density at radius 1 is 1.32 bits per heavy atom. The maximum Gasteiger partial charge on any atom is 0.333 e. The summed E-state index contributed by atoms with van der Waals surface area (Å²) in [6, 6.07) is 3.98. The molecule has 1 aromatic carbocycles. The second kappa shape index (κ2) is 7.03. The molecule has 1 aromatic rings. The molecule has 1 fully saturated rings. The molecule has 0 saturated heterocycles. The molecule has 22 heavy (non-hydrogen) atoms. The first-order valence-corrected chi connectivity index (χ1v) is 8.45. The number of nitro benzene ring substituents is 1.